The van der Waals surface area contributed by atoms with Crippen LogP contribution in [0.4, 0.5) is 11.5 Å². The Balaban J connectivity index is 1.91. The van der Waals surface area contributed by atoms with E-state index in [2.05, 4.69) is 40.6 Å². The molecule has 0 aliphatic heterocycles. The van der Waals surface area contributed by atoms with Crippen molar-refractivity contribution in [3.63, 3.8) is 0 Å². The van der Waals surface area contributed by atoms with Gasteiger partial charge in [0.05, 0.1) is 10.6 Å². The molecule has 104 valence electrons. The fourth-order valence-corrected chi connectivity index (χ4v) is 2.83. The number of benzene rings is 1. The molecule has 2 heterocycles. The average Bonchev–Trinajstić information content (AvgIpc) is 3.16. The zero-order chi connectivity index (χ0) is 14.7. The van der Waals surface area contributed by atoms with Crippen molar-refractivity contribution in [3.05, 3.63) is 52.9 Å². The summed E-state index contributed by atoms with van der Waals surface area (Å²) in [4.78, 5) is 1.01. The summed E-state index contributed by atoms with van der Waals surface area (Å²) in [6.45, 7) is 2.12. The summed E-state index contributed by atoms with van der Waals surface area (Å²) >= 11 is 1.58. The van der Waals surface area contributed by atoms with Crippen LogP contribution in [0.2, 0.25) is 0 Å². The van der Waals surface area contributed by atoms with Crippen LogP contribution in [0.1, 0.15) is 18.1 Å². The first-order valence-corrected chi connectivity index (χ1v) is 7.58. The van der Waals surface area contributed by atoms with Crippen LogP contribution in [0.25, 0.3) is 10.6 Å². The highest BCUT2D eigenvalue weighted by Crippen LogP contribution is 2.30. The molecule has 0 fully saturated rings. The van der Waals surface area contributed by atoms with Crippen LogP contribution in [-0.4, -0.2) is 10.2 Å². The Morgan fingerprint density at radius 3 is 2.71 bits per heavy atom. The minimum absolute atomic E-state index is 0.539. The van der Waals surface area contributed by atoms with E-state index in [9.17, 15) is 5.26 Å². The van der Waals surface area contributed by atoms with Crippen LogP contribution in [-0.2, 0) is 6.42 Å². The predicted molar refractivity (Wildman–Crippen MR) is 85.7 cm³/mol. The van der Waals surface area contributed by atoms with Crippen LogP contribution in [0, 0.1) is 11.3 Å². The lowest BCUT2D eigenvalue weighted by atomic mass is 10.1. The maximum absolute atomic E-state index is 9.40. The number of anilines is 2. The maximum atomic E-state index is 9.40. The molecule has 4 nitrogen and oxygen atoms in total. The van der Waals surface area contributed by atoms with E-state index in [1.807, 2.05) is 29.6 Å². The van der Waals surface area contributed by atoms with Gasteiger partial charge in [-0.25, -0.2) is 0 Å². The number of nitrogens with one attached hydrogen (secondary N) is 2. The summed E-state index contributed by atoms with van der Waals surface area (Å²) < 4.78 is 0. The zero-order valence-corrected chi connectivity index (χ0v) is 12.4. The number of H-pyrrole nitrogens is 1. The molecule has 0 saturated carbocycles. The minimum Gasteiger partial charge on any atom is -0.338 e. The topological polar surface area (TPSA) is 64.5 Å². The van der Waals surface area contributed by atoms with E-state index in [0.29, 0.717) is 11.4 Å². The molecule has 0 bridgehead atoms. The number of aromatic amines is 1. The molecule has 0 amide bonds. The molecule has 0 atom stereocenters. The molecular weight excluding hydrogens is 280 g/mol. The quantitative estimate of drug-likeness (QED) is 0.753. The molecule has 3 rings (SSSR count). The monoisotopic (exact) mass is 294 g/mol. The second-order valence-electron chi connectivity index (χ2n) is 4.59. The van der Waals surface area contributed by atoms with Crippen molar-refractivity contribution in [2.75, 3.05) is 5.32 Å². The van der Waals surface area contributed by atoms with Gasteiger partial charge >= 0.3 is 0 Å². The van der Waals surface area contributed by atoms with Crippen molar-refractivity contribution in [2.45, 2.75) is 13.3 Å². The molecule has 2 aromatic heterocycles. The summed E-state index contributed by atoms with van der Waals surface area (Å²) in [6, 6.07) is 14.3. The number of nitriles is 1. The maximum Gasteiger partial charge on any atom is 0.170 e. The Kier molecular flexibility index (Phi) is 3.71. The second-order valence-corrected chi connectivity index (χ2v) is 5.53. The Hall–Kier alpha value is -2.58. The van der Waals surface area contributed by atoms with E-state index in [-0.39, 0.29) is 0 Å². The molecule has 0 saturated heterocycles. The number of hydrogen-bond acceptors (Lipinski definition) is 4. The lowest BCUT2D eigenvalue weighted by molar-refractivity contribution is 1.10. The largest absolute Gasteiger partial charge is 0.338 e. The highest BCUT2D eigenvalue weighted by Gasteiger charge is 2.15. The third-order valence-corrected chi connectivity index (χ3v) is 4.16. The van der Waals surface area contributed by atoms with Crippen molar-refractivity contribution in [3.8, 4) is 16.6 Å². The highest BCUT2D eigenvalue weighted by atomic mass is 32.1. The van der Waals surface area contributed by atoms with Crippen LogP contribution >= 0.6 is 11.3 Å². The molecule has 5 heteroatoms. The smallest absolute Gasteiger partial charge is 0.170 e. The number of thiophene rings is 1. The normalized spacial score (nSPS) is 10.3. The third kappa shape index (κ3) is 2.67. The lowest BCUT2D eigenvalue weighted by Gasteiger charge is -2.04. The van der Waals surface area contributed by atoms with E-state index in [1.54, 1.807) is 11.3 Å². The van der Waals surface area contributed by atoms with E-state index < -0.39 is 0 Å². The van der Waals surface area contributed by atoms with E-state index in [4.69, 9.17) is 0 Å². The van der Waals surface area contributed by atoms with Gasteiger partial charge in [-0.05, 0) is 35.6 Å². The van der Waals surface area contributed by atoms with Crippen molar-refractivity contribution in [1.29, 1.82) is 5.26 Å². The van der Waals surface area contributed by atoms with Crippen molar-refractivity contribution >= 4 is 22.8 Å². The second kappa shape index (κ2) is 5.81. The van der Waals surface area contributed by atoms with E-state index >= 15 is 0 Å². The molecule has 0 spiro atoms. The number of rotatable bonds is 4. The SMILES string of the molecule is CCc1ccc(Nc2n[nH]c(-c3cccs3)c2C#N)cc1. The van der Waals surface area contributed by atoms with Gasteiger partial charge in [0.2, 0.25) is 0 Å². The summed E-state index contributed by atoms with van der Waals surface area (Å²) in [5.41, 5.74) is 3.51. The van der Waals surface area contributed by atoms with Gasteiger partial charge in [0, 0.05) is 5.69 Å². The number of nitrogens with zero attached hydrogens (tertiary/aromatic N) is 2. The lowest BCUT2D eigenvalue weighted by Crippen LogP contribution is -1.93. The van der Waals surface area contributed by atoms with Crippen molar-refractivity contribution < 1.29 is 0 Å². The fraction of sp³-hybridized carbons (Fsp3) is 0.125. The molecule has 0 aliphatic rings. The van der Waals surface area contributed by atoms with E-state index in [1.165, 1.54) is 5.56 Å². The molecule has 21 heavy (non-hydrogen) atoms. The minimum atomic E-state index is 0.539. The molecule has 0 unspecified atom stereocenters. The molecule has 1 aromatic carbocycles. The van der Waals surface area contributed by atoms with Gasteiger partial charge in [-0.1, -0.05) is 25.1 Å². The van der Waals surface area contributed by atoms with Crippen LogP contribution in [0.3, 0.4) is 0 Å². The van der Waals surface area contributed by atoms with Crippen molar-refractivity contribution in [2.24, 2.45) is 0 Å². The van der Waals surface area contributed by atoms with Gasteiger partial charge in [-0.2, -0.15) is 10.4 Å². The van der Waals surface area contributed by atoms with Crippen LogP contribution in [0.5, 0.6) is 0 Å². The van der Waals surface area contributed by atoms with Crippen LogP contribution < -0.4 is 5.32 Å². The number of aromatic nitrogens is 2. The Labute approximate surface area is 127 Å². The fourth-order valence-electron chi connectivity index (χ4n) is 2.10. The molecular formula is C16H14N4S. The van der Waals surface area contributed by atoms with Gasteiger partial charge in [-0.15, -0.1) is 11.3 Å². The van der Waals surface area contributed by atoms with Crippen molar-refractivity contribution in [1.82, 2.24) is 10.2 Å². The molecule has 0 aliphatic carbocycles. The highest BCUT2D eigenvalue weighted by molar-refractivity contribution is 7.13. The predicted octanol–water partition coefficient (Wildman–Crippen LogP) is 4.32. The summed E-state index contributed by atoms with van der Waals surface area (Å²) in [5.74, 6) is 0.560. The number of aryl methyl sites for hydroxylation is 1. The molecule has 2 N–H and O–H groups in total. The average molecular weight is 294 g/mol. The Bertz CT molecular complexity index is 764. The van der Waals surface area contributed by atoms with Gasteiger partial charge < -0.3 is 5.32 Å². The summed E-state index contributed by atoms with van der Waals surface area (Å²) in [6.07, 6.45) is 1.01. The first-order valence-electron chi connectivity index (χ1n) is 6.70. The molecule has 0 radical (unpaired) electrons. The third-order valence-electron chi connectivity index (χ3n) is 3.27. The number of hydrogen-bond donors (Lipinski definition) is 2. The Morgan fingerprint density at radius 2 is 2.10 bits per heavy atom. The first kappa shape index (κ1) is 13.4. The standard InChI is InChI=1S/C16H14N4S/c1-2-11-5-7-12(8-6-11)18-16-13(10-17)15(19-20-16)14-4-3-9-21-14/h3-9H,2H2,1H3,(H2,18,19,20). The van der Waals surface area contributed by atoms with E-state index in [0.717, 1.165) is 22.7 Å². The van der Waals surface area contributed by atoms with Gasteiger partial charge in [-0.3, -0.25) is 5.10 Å². The van der Waals surface area contributed by atoms with Crippen LogP contribution in [0.15, 0.2) is 41.8 Å². The molecule has 3 aromatic rings. The summed E-state index contributed by atoms with van der Waals surface area (Å²) in [5, 5.41) is 21.8. The van der Waals surface area contributed by atoms with Gasteiger partial charge in [0.15, 0.2) is 5.82 Å². The zero-order valence-electron chi connectivity index (χ0n) is 11.6. The van der Waals surface area contributed by atoms with Gasteiger partial charge in [0.1, 0.15) is 11.6 Å². The Morgan fingerprint density at radius 1 is 1.29 bits per heavy atom. The summed E-state index contributed by atoms with van der Waals surface area (Å²) in [7, 11) is 0. The van der Waals surface area contributed by atoms with Gasteiger partial charge in [0.25, 0.3) is 0 Å². The first-order chi connectivity index (χ1) is 10.3.